The summed E-state index contributed by atoms with van der Waals surface area (Å²) in [4.78, 5) is 13.8. The second kappa shape index (κ2) is 6.99. The van der Waals surface area contributed by atoms with E-state index in [9.17, 15) is 4.79 Å². The molecule has 0 fully saturated rings. The summed E-state index contributed by atoms with van der Waals surface area (Å²) in [6, 6.07) is 4.26. The van der Waals surface area contributed by atoms with Gasteiger partial charge in [-0.25, -0.2) is 0 Å². The van der Waals surface area contributed by atoms with E-state index in [1.807, 2.05) is 55.0 Å². The number of carbonyl (C=O) groups excluding carboxylic acids is 1. The maximum absolute atomic E-state index is 11.8. The summed E-state index contributed by atoms with van der Waals surface area (Å²) < 4.78 is 1.89. The van der Waals surface area contributed by atoms with Crippen molar-refractivity contribution in [2.45, 2.75) is 39.3 Å². The molecule has 0 bridgehead atoms. The quantitative estimate of drug-likeness (QED) is 0.774. The molecule has 1 rings (SSSR count). The number of hydrogen-bond donors (Lipinski definition) is 1. The van der Waals surface area contributed by atoms with Crippen LogP contribution in [-0.4, -0.2) is 26.0 Å². The second-order valence-corrected chi connectivity index (χ2v) is 4.88. The summed E-state index contributed by atoms with van der Waals surface area (Å²) in [7, 11) is 4.00. The molecule has 0 aliphatic heterocycles. The zero-order valence-corrected chi connectivity index (χ0v) is 11.8. The zero-order valence-electron chi connectivity index (χ0n) is 11.8. The molecule has 100 valence electrons. The number of aromatic nitrogens is 1. The topological polar surface area (TPSA) is 36.2 Å². The van der Waals surface area contributed by atoms with Crippen LogP contribution in [0.5, 0.6) is 0 Å². The van der Waals surface area contributed by atoms with Crippen LogP contribution in [0.15, 0.2) is 24.5 Å². The summed E-state index contributed by atoms with van der Waals surface area (Å²) in [5.74, 6) is 0.0681. The Morgan fingerprint density at radius 3 is 2.50 bits per heavy atom. The summed E-state index contributed by atoms with van der Waals surface area (Å²) in [5.41, 5.74) is 1.13. The van der Waals surface area contributed by atoms with Gasteiger partial charge in [-0.3, -0.25) is 4.79 Å². The van der Waals surface area contributed by atoms with Crippen molar-refractivity contribution in [3.8, 4) is 0 Å². The number of anilines is 1. The van der Waals surface area contributed by atoms with Crippen LogP contribution >= 0.6 is 0 Å². The Kier molecular flexibility index (Phi) is 5.62. The van der Waals surface area contributed by atoms with E-state index in [2.05, 4.69) is 12.2 Å². The lowest BCUT2D eigenvalue weighted by atomic mass is 10.2. The lowest BCUT2D eigenvalue weighted by molar-refractivity contribution is -0.684. The van der Waals surface area contributed by atoms with Crippen molar-refractivity contribution in [2.24, 2.45) is 0 Å². The van der Waals surface area contributed by atoms with E-state index < -0.39 is 0 Å². The Bertz CT molecular complexity index is 373. The Morgan fingerprint density at radius 1 is 1.39 bits per heavy atom. The van der Waals surface area contributed by atoms with Gasteiger partial charge in [0.15, 0.2) is 12.4 Å². The van der Waals surface area contributed by atoms with E-state index in [-0.39, 0.29) is 11.9 Å². The molecule has 0 saturated heterocycles. The highest BCUT2D eigenvalue weighted by Crippen LogP contribution is 2.05. The minimum atomic E-state index is 0.0681. The van der Waals surface area contributed by atoms with Crippen LogP contribution in [0.3, 0.4) is 0 Å². The fourth-order valence-electron chi connectivity index (χ4n) is 1.84. The number of amides is 1. The van der Waals surface area contributed by atoms with E-state index in [0.29, 0.717) is 6.54 Å². The first-order valence-electron chi connectivity index (χ1n) is 6.48. The molecule has 0 aliphatic carbocycles. The molecule has 0 unspecified atom stereocenters. The van der Waals surface area contributed by atoms with Crippen LogP contribution in [0.25, 0.3) is 0 Å². The molecule has 0 aliphatic rings. The minimum Gasteiger partial charge on any atom is -0.377 e. The molecule has 0 aromatic carbocycles. The third-order valence-electron chi connectivity index (χ3n) is 2.85. The molecular weight excluding hydrogens is 226 g/mol. The monoisotopic (exact) mass is 250 g/mol. The molecule has 1 amide bonds. The maximum atomic E-state index is 11.8. The van der Waals surface area contributed by atoms with Gasteiger partial charge in [-0.1, -0.05) is 13.3 Å². The van der Waals surface area contributed by atoms with Crippen molar-refractivity contribution in [3.05, 3.63) is 24.5 Å². The van der Waals surface area contributed by atoms with Gasteiger partial charge in [0.05, 0.1) is 0 Å². The molecular formula is C14H24N3O+. The number of nitrogens with zero attached hydrogens (tertiary/aromatic N) is 2. The number of carbonyl (C=O) groups is 1. The number of nitrogens with one attached hydrogen (secondary N) is 1. The van der Waals surface area contributed by atoms with E-state index in [4.69, 9.17) is 0 Å². The van der Waals surface area contributed by atoms with Gasteiger partial charge in [0.1, 0.15) is 0 Å². The molecule has 4 heteroatoms. The fourth-order valence-corrected chi connectivity index (χ4v) is 1.84. The van der Waals surface area contributed by atoms with Crippen LogP contribution in [0.4, 0.5) is 5.69 Å². The fraction of sp³-hybridized carbons (Fsp3) is 0.571. The minimum absolute atomic E-state index is 0.0681. The van der Waals surface area contributed by atoms with Gasteiger partial charge in [-0.2, -0.15) is 4.57 Å². The van der Waals surface area contributed by atoms with Crippen LogP contribution in [0.1, 0.15) is 26.7 Å². The number of hydrogen-bond acceptors (Lipinski definition) is 2. The van der Waals surface area contributed by atoms with Crippen molar-refractivity contribution in [3.63, 3.8) is 0 Å². The van der Waals surface area contributed by atoms with E-state index in [1.165, 1.54) is 0 Å². The molecule has 1 aromatic rings. The Morgan fingerprint density at radius 2 is 2.00 bits per heavy atom. The zero-order chi connectivity index (χ0) is 13.5. The molecule has 0 spiro atoms. The average Bonchev–Trinajstić information content (AvgIpc) is 2.29. The average molecular weight is 250 g/mol. The van der Waals surface area contributed by atoms with Crippen molar-refractivity contribution in [1.82, 2.24) is 5.32 Å². The molecule has 1 N–H and O–H groups in total. The van der Waals surface area contributed by atoms with Gasteiger partial charge in [0, 0.05) is 38.0 Å². The van der Waals surface area contributed by atoms with Gasteiger partial charge in [0.2, 0.25) is 6.54 Å². The first-order valence-corrected chi connectivity index (χ1v) is 6.48. The van der Waals surface area contributed by atoms with E-state index in [1.54, 1.807) is 0 Å². The summed E-state index contributed by atoms with van der Waals surface area (Å²) in [6.07, 6.45) is 5.97. The molecule has 0 radical (unpaired) electrons. The van der Waals surface area contributed by atoms with Gasteiger partial charge in [0.25, 0.3) is 5.91 Å². The lowest BCUT2D eigenvalue weighted by Crippen LogP contribution is -2.44. The molecule has 1 atom stereocenters. The molecule has 4 nitrogen and oxygen atoms in total. The van der Waals surface area contributed by atoms with E-state index in [0.717, 1.165) is 18.5 Å². The van der Waals surface area contributed by atoms with Crippen LogP contribution in [0.2, 0.25) is 0 Å². The van der Waals surface area contributed by atoms with Crippen LogP contribution in [0, 0.1) is 0 Å². The Labute approximate surface area is 110 Å². The van der Waals surface area contributed by atoms with Crippen molar-refractivity contribution in [2.75, 3.05) is 19.0 Å². The second-order valence-electron chi connectivity index (χ2n) is 4.88. The van der Waals surface area contributed by atoms with E-state index >= 15 is 0 Å². The van der Waals surface area contributed by atoms with Crippen molar-refractivity contribution in [1.29, 1.82) is 0 Å². The molecule has 0 saturated carbocycles. The summed E-state index contributed by atoms with van der Waals surface area (Å²) in [5, 5.41) is 3.00. The first-order chi connectivity index (χ1) is 8.52. The number of rotatable bonds is 6. The van der Waals surface area contributed by atoms with Gasteiger partial charge >= 0.3 is 0 Å². The highest BCUT2D eigenvalue weighted by atomic mass is 16.2. The molecule has 1 aromatic heterocycles. The lowest BCUT2D eigenvalue weighted by Gasteiger charge is -2.12. The summed E-state index contributed by atoms with van der Waals surface area (Å²) >= 11 is 0. The Balaban J connectivity index is 2.49. The standard InChI is InChI=1S/C14H23N3O/c1-5-6-12(2)15-14(18)11-17-9-7-13(8-10-17)16(3)4/h7-10,12H,5-6,11H2,1-4H3/p+1/t12-/m0/s1. The smallest absolute Gasteiger partial charge is 0.286 e. The largest absolute Gasteiger partial charge is 0.377 e. The molecule has 18 heavy (non-hydrogen) atoms. The van der Waals surface area contributed by atoms with Crippen LogP contribution in [-0.2, 0) is 11.3 Å². The predicted molar refractivity (Wildman–Crippen MR) is 73.5 cm³/mol. The highest BCUT2D eigenvalue weighted by molar-refractivity contribution is 5.74. The van der Waals surface area contributed by atoms with Crippen molar-refractivity contribution >= 4 is 11.6 Å². The molecule has 1 heterocycles. The van der Waals surface area contributed by atoms with Gasteiger partial charge < -0.3 is 10.2 Å². The maximum Gasteiger partial charge on any atom is 0.286 e. The SMILES string of the molecule is CCC[C@H](C)NC(=O)C[n+]1ccc(N(C)C)cc1. The first kappa shape index (κ1) is 14.5. The predicted octanol–water partition coefficient (Wildman–Crippen LogP) is 1.34. The normalized spacial score (nSPS) is 12.0. The Hall–Kier alpha value is -1.58. The third kappa shape index (κ3) is 4.73. The highest BCUT2D eigenvalue weighted by Gasteiger charge is 2.11. The van der Waals surface area contributed by atoms with Gasteiger partial charge in [-0.15, -0.1) is 0 Å². The third-order valence-corrected chi connectivity index (χ3v) is 2.85. The summed E-state index contributed by atoms with van der Waals surface area (Å²) in [6.45, 7) is 4.54. The van der Waals surface area contributed by atoms with Crippen LogP contribution < -0.4 is 14.8 Å². The van der Waals surface area contributed by atoms with Crippen molar-refractivity contribution < 1.29 is 9.36 Å². The van der Waals surface area contributed by atoms with Gasteiger partial charge in [-0.05, 0) is 13.3 Å². The number of pyridine rings is 1.